The Bertz CT molecular complexity index is 231. The zero-order chi connectivity index (χ0) is 17.7. The van der Waals surface area contributed by atoms with E-state index in [2.05, 4.69) is 63.9 Å². The third kappa shape index (κ3) is 13.6. The van der Waals surface area contributed by atoms with Crippen molar-refractivity contribution in [3.05, 3.63) is 0 Å². The first-order valence-electron chi connectivity index (χ1n) is 9.75. The maximum atomic E-state index is 2.37. The van der Waals surface area contributed by atoms with Crippen LogP contribution in [0.2, 0.25) is 17.7 Å². The van der Waals surface area contributed by atoms with Gasteiger partial charge >= 0.3 is 152 Å². The normalized spacial score (nSPS) is 12.8. The summed E-state index contributed by atoms with van der Waals surface area (Å²) in [5, 5.41) is 0. The van der Waals surface area contributed by atoms with Crippen molar-refractivity contribution in [2.45, 2.75) is 56.8 Å². The summed E-state index contributed by atoms with van der Waals surface area (Å²) >= 11 is -1.96. The van der Waals surface area contributed by atoms with Crippen LogP contribution in [-0.2, 0) is 0 Å². The van der Waals surface area contributed by atoms with Crippen molar-refractivity contribution in [2.75, 3.05) is 61.9 Å². The van der Waals surface area contributed by atoms with Gasteiger partial charge in [0.2, 0.25) is 0 Å². The first kappa shape index (κ1) is 23.7. The van der Waals surface area contributed by atoms with E-state index in [9.17, 15) is 0 Å². The number of nitrogens with zero attached hydrogens (tertiary/aromatic N) is 3. The van der Waals surface area contributed by atoms with Crippen LogP contribution in [0.5, 0.6) is 0 Å². The van der Waals surface area contributed by atoms with Crippen LogP contribution in [0.25, 0.3) is 0 Å². The van der Waals surface area contributed by atoms with Gasteiger partial charge in [0.15, 0.2) is 0 Å². The predicted molar refractivity (Wildman–Crippen MR) is 109 cm³/mol. The van der Waals surface area contributed by atoms with Gasteiger partial charge in [-0.25, -0.2) is 0 Å². The third-order valence-corrected chi connectivity index (χ3v) is 21.1. The first-order chi connectivity index (χ1) is 10.8. The number of hydrogen-bond donors (Lipinski definition) is 0. The van der Waals surface area contributed by atoms with Gasteiger partial charge in [-0.15, -0.1) is 0 Å². The van der Waals surface area contributed by atoms with Crippen LogP contribution in [0, 0.1) is 0 Å². The molecule has 0 aliphatic rings. The minimum atomic E-state index is -1.96. The molecule has 23 heavy (non-hydrogen) atoms. The van der Waals surface area contributed by atoms with Gasteiger partial charge < -0.3 is 0 Å². The molecular weight excluding hydrogens is 389 g/mol. The van der Waals surface area contributed by atoms with Gasteiger partial charge in [0.25, 0.3) is 0 Å². The Balaban J connectivity index is 4.71. The van der Waals surface area contributed by atoms with Gasteiger partial charge in [0.05, 0.1) is 0 Å². The molecule has 0 radical (unpaired) electrons. The average molecular weight is 434 g/mol. The molecule has 0 aliphatic heterocycles. The van der Waals surface area contributed by atoms with Crippen molar-refractivity contribution < 1.29 is 0 Å². The molecule has 0 saturated heterocycles. The van der Waals surface area contributed by atoms with Crippen LogP contribution in [0.15, 0.2) is 0 Å². The Morgan fingerprint density at radius 2 is 0.826 bits per heavy atom. The molecule has 0 aliphatic carbocycles. The molecule has 4 heteroatoms. The zero-order valence-electron chi connectivity index (χ0n) is 17.3. The molecule has 0 bridgehead atoms. The summed E-state index contributed by atoms with van der Waals surface area (Å²) in [5.41, 5.74) is 0. The first-order valence-corrected chi connectivity index (χ1v) is 17.8. The van der Waals surface area contributed by atoms with Gasteiger partial charge in [-0.3, -0.25) is 0 Å². The Hall–Kier alpha value is 0.679. The van der Waals surface area contributed by atoms with Crippen LogP contribution in [0.4, 0.5) is 0 Å². The van der Waals surface area contributed by atoms with E-state index in [1.54, 1.807) is 17.7 Å². The van der Waals surface area contributed by atoms with Crippen LogP contribution < -0.4 is 0 Å². The van der Waals surface area contributed by atoms with Crippen molar-refractivity contribution in [1.29, 1.82) is 0 Å². The monoisotopic (exact) mass is 435 g/mol. The van der Waals surface area contributed by atoms with E-state index in [0.29, 0.717) is 0 Å². The van der Waals surface area contributed by atoms with Crippen molar-refractivity contribution in [3.8, 4) is 0 Å². The molecule has 0 aromatic carbocycles. The van der Waals surface area contributed by atoms with E-state index in [4.69, 9.17) is 0 Å². The predicted octanol–water partition coefficient (Wildman–Crippen LogP) is 4.09. The average Bonchev–Trinajstić information content (AvgIpc) is 2.43. The zero-order valence-corrected chi connectivity index (χ0v) is 20.2. The van der Waals surface area contributed by atoms with E-state index in [1.807, 2.05) is 0 Å². The molecule has 0 rings (SSSR count). The Kier molecular flexibility index (Phi) is 14.3. The molecular formula is C19H45N3Sn. The van der Waals surface area contributed by atoms with Gasteiger partial charge in [-0.05, 0) is 0 Å². The fourth-order valence-electron chi connectivity index (χ4n) is 3.61. The number of hydrogen-bond acceptors (Lipinski definition) is 3. The van der Waals surface area contributed by atoms with Gasteiger partial charge in [-0.1, -0.05) is 0 Å². The molecule has 0 saturated carbocycles. The topological polar surface area (TPSA) is 9.72 Å². The van der Waals surface area contributed by atoms with Crippen molar-refractivity contribution in [3.63, 3.8) is 0 Å². The van der Waals surface area contributed by atoms with E-state index < -0.39 is 18.4 Å². The third-order valence-electron chi connectivity index (χ3n) is 5.00. The summed E-state index contributed by atoms with van der Waals surface area (Å²) in [6.45, 7) is 6.22. The summed E-state index contributed by atoms with van der Waals surface area (Å²) < 4.78 is 6.49. The second kappa shape index (κ2) is 13.9. The molecule has 3 nitrogen and oxygen atoms in total. The van der Waals surface area contributed by atoms with Gasteiger partial charge in [0, 0.05) is 0 Å². The van der Waals surface area contributed by atoms with Crippen LogP contribution in [0.1, 0.15) is 39.0 Å². The molecule has 0 aromatic heterocycles. The summed E-state index contributed by atoms with van der Waals surface area (Å²) in [5.74, 6) is 0. The fourth-order valence-corrected chi connectivity index (χ4v) is 18.8. The molecule has 140 valence electrons. The minimum absolute atomic E-state index is 1.28. The summed E-state index contributed by atoms with van der Waals surface area (Å²) in [7, 11) is 13.3. The summed E-state index contributed by atoms with van der Waals surface area (Å²) in [6.07, 6.45) is 7.19. The molecule has 0 N–H and O–H groups in total. The van der Waals surface area contributed by atoms with Crippen molar-refractivity contribution >= 4 is 18.4 Å². The Morgan fingerprint density at radius 1 is 0.522 bits per heavy atom. The summed E-state index contributed by atoms with van der Waals surface area (Å²) in [6, 6.07) is 0. The van der Waals surface area contributed by atoms with Crippen LogP contribution in [0.3, 0.4) is 0 Å². The molecule has 0 unspecified atom stereocenters. The molecule has 0 amide bonds. The SMILES string of the molecule is CCC[CH2][Sn]([CH2]CCN(C)C)([CH2]CCN(C)C)[CH2]CCN(C)C. The number of unbranched alkanes of at least 4 members (excludes halogenated alkanes) is 1. The quantitative estimate of drug-likeness (QED) is 0.360. The van der Waals surface area contributed by atoms with Crippen molar-refractivity contribution in [1.82, 2.24) is 14.7 Å². The Labute approximate surface area is 151 Å². The summed E-state index contributed by atoms with van der Waals surface area (Å²) in [4.78, 5) is 7.11. The number of rotatable bonds is 15. The van der Waals surface area contributed by atoms with E-state index in [-0.39, 0.29) is 0 Å². The van der Waals surface area contributed by atoms with E-state index in [1.165, 1.54) is 51.7 Å². The standard InChI is InChI=1S/3C5H12N.C4H9.Sn/c3*1-4-5-6(2)3;1-3-4-2;/h3*1,4-5H2,2-3H3;1,3-4H2,2H3;. The van der Waals surface area contributed by atoms with Crippen LogP contribution in [-0.4, -0.2) is 95.0 Å². The second-order valence-electron chi connectivity index (χ2n) is 8.32. The van der Waals surface area contributed by atoms with Crippen LogP contribution >= 0.6 is 0 Å². The molecule has 0 aromatic rings. The molecule has 0 atom stereocenters. The molecule has 0 fully saturated rings. The van der Waals surface area contributed by atoms with E-state index in [0.717, 1.165) is 0 Å². The second-order valence-corrected chi connectivity index (χ2v) is 22.6. The van der Waals surface area contributed by atoms with Crippen molar-refractivity contribution in [2.24, 2.45) is 0 Å². The van der Waals surface area contributed by atoms with Gasteiger partial charge in [0.1, 0.15) is 0 Å². The molecule has 0 heterocycles. The maximum absolute atomic E-state index is 2.37. The Morgan fingerprint density at radius 3 is 1.09 bits per heavy atom. The van der Waals surface area contributed by atoms with E-state index >= 15 is 0 Å². The fraction of sp³-hybridized carbons (Fsp3) is 1.00. The molecule has 0 spiro atoms. The van der Waals surface area contributed by atoms with Gasteiger partial charge in [-0.2, -0.15) is 0 Å².